The first-order chi connectivity index (χ1) is 9.72. The van der Waals surface area contributed by atoms with E-state index in [1.807, 2.05) is 12.1 Å². The minimum atomic E-state index is 0.0527. The van der Waals surface area contributed by atoms with Gasteiger partial charge in [-0.2, -0.15) is 5.26 Å². The maximum absolute atomic E-state index is 12.2. The third-order valence-electron chi connectivity index (χ3n) is 3.52. The zero-order chi connectivity index (χ0) is 14.4. The molecule has 0 bridgehead atoms. The van der Waals surface area contributed by atoms with Crippen LogP contribution < -0.4 is 10.2 Å². The van der Waals surface area contributed by atoms with Crippen molar-refractivity contribution >= 4 is 11.6 Å². The van der Waals surface area contributed by atoms with Crippen LogP contribution in [0.1, 0.15) is 12.0 Å². The second-order valence-electron chi connectivity index (χ2n) is 4.95. The molecule has 1 aromatic rings. The molecule has 5 nitrogen and oxygen atoms in total. The van der Waals surface area contributed by atoms with Crippen LogP contribution in [0.25, 0.3) is 0 Å². The SMILES string of the molecule is CN(CCC#N)C(=O)CN1CCNCc2ccccc21. The summed E-state index contributed by atoms with van der Waals surface area (Å²) in [5, 5.41) is 11.9. The summed E-state index contributed by atoms with van der Waals surface area (Å²) in [6.45, 7) is 3.37. The molecule has 1 heterocycles. The van der Waals surface area contributed by atoms with Gasteiger partial charge in [-0.1, -0.05) is 18.2 Å². The van der Waals surface area contributed by atoms with Crippen molar-refractivity contribution in [1.82, 2.24) is 10.2 Å². The van der Waals surface area contributed by atoms with Gasteiger partial charge < -0.3 is 15.1 Å². The van der Waals surface area contributed by atoms with Crippen LogP contribution in [-0.2, 0) is 11.3 Å². The number of carbonyl (C=O) groups excluding carboxylic acids is 1. The van der Waals surface area contributed by atoms with Crippen LogP contribution in [0.3, 0.4) is 0 Å². The van der Waals surface area contributed by atoms with Crippen molar-refractivity contribution in [3.05, 3.63) is 29.8 Å². The van der Waals surface area contributed by atoms with E-state index in [2.05, 4.69) is 28.4 Å². The average Bonchev–Trinajstić information content (AvgIpc) is 2.67. The summed E-state index contributed by atoms with van der Waals surface area (Å²) in [7, 11) is 1.75. The molecular weight excluding hydrogens is 252 g/mol. The fourth-order valence-electron chi connectivity index (χ4n) is 2.32. The number of nitrogens with zero attached hydrogens (tertiary/aromatic N) is 3. The molecule has 1 N–H and O–H groups in total. The average molecular weight is 272 g/mol. The summed E-state index contributed by atoms with van der Waals surface area (Å²) in [5.41, 5.74) is 2.34. The molecule has 106 valence electrons. The molecule has 0 aliphatic carbocycles. The molecule has 0 fully saturated rings. The fourth-order valence-corrected chi connectivity index (χ4v) is 2.32. The number of anilines is 1. The van der Waals surface area contributed by atoms with Crippen LogP contribution in [0.5, 0.6) is 0 Å². The molecule has 0 atom stereocenters. The van der Waals surface area contributed by atoms with Crippen LogP contribution in [0.4, 0.5) is 5.69 Å². The van der Waals surface area contributed by atoms with E-state index in [1.54, 1.807) is 11.9 Å². The molecule has 0 saturated heterocycles. The Balaban J connectivity index is 2.05. The van der Waals surface area contributed by atoms with E-state index in [4.69, 9.17) is 5.26 Å². The molecule has 1 aromatic carbocycles. The largest absolute Gasteiger partial charge is 0.361 e. The standard InChI is InChI=1S/C15H20N4O/c1-18(9-4-7-16)15(20)12-19-10-8-17-11-13-5-2-3-6-14(13)19/h2-3,5-6,17H,4,8-12H2,1H3. The van der Waals surface area contributed by atoms with E-state index in [0.29, 0.717) is 19.5 Å². The number of fused-ring (bicyclic) bond motifs is 1. The number of nitriles is 1. The van der Waals surface area contributed by atoms with Crippen LogP contribution in [0, 0.1) is 11.3 Å². The normalized spacial score (nSPS) is 14.1. The number of hydrogen-bond donors (Lipinski definition) is 1. The van der Waals surface area contributed by atoms with Crippen molar-refractivity contribution in [3.8, 4) is 6.07 Å². The smallest absolute Gasteiger partial charge is 0.241 e. The molecule has 1 aliphatic heterocycles. The number of benzene rings is 1. The second kappa shape index (κ2) is 6.92. The van der Waals surface area contributed by atoms with Crippen LogP contribution >= 0.6 is 0 Å². The van der Waals surface area contributed by atoms with Gasteiger partial charge >= 0.3 is 0 Å². The molecular formula is C15H20N4O. The van der Waals surface area contributed by atoms with Crippen LogP contribution in [-0.4, -0.2) is 44.0 Å². The lowest BCUT2D eigenvalue weighted by molar-refractivity contribution is -0.128. The third kappa shape index (κ3) is 3.49. The predicted molar refractivity (Wildman–Crippen MR) is 78.2 cm³/mol. The van der Waals surface area contributed by atoms with Gasteiger partial charge in [-0.05, 0) is 11.6 Å². The van der Waals surface area contributed by atoms with Crippen molar-refractivity contribution in [2.75, 3.05) is 38.1 Å². The zero-order valence-electron chi connectivity index (χ0n) is 11.8. The molecule has 1 aliphatic rings. The van der Waals surface area contributed by atoms with Gasteiger partial charge in [-0.25, -0.2) is 0 Å². The van der Waals surface area contributed by atoms with Gasteiger partial charge in [0, 0.05) is 38.9 Å². The summed E-state index contributed by atoms with van der Waals surface area (Å²) >= 11 is 0. The van der Waals surface area contributed by atoms with E-state index in [0.717, 1.165) is 25.3 Å². The number of hydrogen-bond acceptors (Lipinski definition) is 4. The molecule has 5 heteroatoms. The van der Waals surface area contributed by atoms with E-state index >= 15 is 0 Å². The molecule has 0 radical (unpaired) electrons. The Kier molecular flexibility index (Phi) is 4.97. The van der Waals surface area contributed by atoms with Crippen molar-refractivity contribution in [2.45, 2.75) is 13.0 Å². The Morgan fingerprint density at radius 3 is 3.10 bits per heavy atom. The van der Waals surface area contributed by atoms with Gasteiger partial charge in [-0.15, -0.1) is 0 Å². The Hall–Kier alpha value is -2.06. The minimum Gasteiger partial charge on any atom is -0.361 e. The first kappa shape index (κ1) is 14.4. The molecule has 0 spiro atoms. The van der Waals surface area contributed by atoms with Crippen molar-refractivity contribution in [1.29, 1.82) is 5.26 Å². The molecule has 1 amide bonds. The van der Waals surface area contributed by atoms with Gasteiger partial charge in [0.25, 0.3) is 0 Å². The number of rotatable bonds is 4. The lowest BCUT2D eigenvalue weighted by atomic mass is 10.1. The van der Waals surface area contributed by atoms with Crippen molar-refractivity contribution in [3.63, 3.8) is 0 Å². The van der Waals surface area contributed by atoms with Crippen LogP contribution in [0.2, 0.25) is 0 Å². The first-order valence-corrected chi connectivity index (χ1v) is 6.87. The first-order valence-electron chi connectivity index (χ1n) is 6.87. The highest BCUT2D eigenvalue weighted by Crippen LogP contribution is 2.21. The van der Waals surface area contributed by atoms with Crippen molar-refractivity contribution < 1.29 is 4.79 Å². The summed E-state index contributed by atoms with van der Waals surface area (Å²) in [6.07, 6.45) is 0.375. The Labute approximate surface area is 119 Å². The number of para-hydroxylation sites is 1. The van der Waals surface area contributed by atoms with Crippen molar-refractivity contribution in [2.24, 2.45) is 0 Å². The fraction of sp³-hybridized carbons (Fsp3) is 0.467. The molecule has 0 aromatic heterocycles. The monoisotopic (exact) mass is 272 g/mol. The Morgan fingerprint density at radius 1 is 1.50 bits per heavy atom. The summed E-state index contributed by atoms with van der Waals surface area (Å²) in [6, 6.07) is 10.2. The minimum absolute atomic E-state index is 0.0527. The topological polar surface area (TPSA) is 59.4 Å². The lowest BCUT2D eigenvalue weighted by Crippen LogP contribution is -2.40. The highest BCUT2D eigenvalue weighted by molar-refractivity contribution is 5.81. The van der Waals surface area contributed by atoms with E-state index < -0.39 is 0 Å². The quantitative estimate of drug-likeness (QED) is 0.887. The van der Waals surface area contributed by atoms with E-state index in [9.17, 15) is 4.79 Å². The van der Waals surface area contributed by atoms with E-state index in [-0.39, 0.29) is 5.91 Å². The van der Waals surface area contributed by atoms with E-state index in [1.165, 1.54) is 5.56 Å². The zero-order valence-corrected chi connectivity index (χ0v) is 11.8. The number of likely N-dealkylation sites (N-methyl/N-ethyl adjacent to an activating group) is 1. The van der Waals surface area contributed by atoms with Crippen LogP contribution in [0.15, 0.2) is 24.3 Å². The maximum Gasteiger partial charge on any atom is 0.241 e. The Morgan fingerprint density at radius 2 is 2.30 bits per heavy atom. The summed E-state index contributed by atoms with van der Waals surface area (Å²) < 4.78 is 0. The van der Waals surface area contributed by atoms with Gasteiger partial charge in [0.15, 0.2) is 0 Å². The molecule has 0 unspecified atom stereocenters. The molecule has 0 saturated carbocycles. The summed E-state index contributed by atoms with van der Waals surface area (Å²) in [5.74, 6) is 0.0527. The Bertz CT molecular complexity index is 509. The van der Waals surface area contributed by atoms with Gasteiger partial charge in [0.05, 0.1) is 19.0 Å². The van der Waals surface area contributed by atoms with Gasteiger partial charge in [-0.3, -0.25) is 4.79 Å². The van der Waals surface area contributed by atoms with Gasteiger partial charge in [0.1, 0.15) is 0 Å². The molecule has 2 rings (SSSR count). The highest BCUT2D eigenvalue weighted by Gasteiger charge is 2.18. The van der Waals surface area contributed by atoms with Gasteiger partial charge in [0.2, 0.25) is 5.91 Å². The summed E-state index contributed by atoms with van der Waals surface area (Å²) in [4.78, 5) is 15.9. The lowest BCUT2D eigenvalue weighted by Gasteiger charge is -2.26. The predicted octanol–water partition coefficient (Wildman–Crippen LogP) is 0.968. The highest BCUT2D eigenvalue weighted by atomic mass is 16.2. The second-order valence-corrected chi connectivity index (χ2v) is 4.95. The number of nitrogens with one attached hydrogen (secondary N) is 1. The third-order valence-corrected chi connectivity index (χ3v) is 3.52. The number of carbonyl (C=O) groups is 1. The maximum atomic E-state index is 12.2. The number of amides is 1. The molecule has 20 heavy (non-hydrogen) atoms.